The highest BCUT2D eigenvalue weighted by Crippen LogP contribution is 2.32. The predicted molar refractivity (Wildman–Crippen MR) is 54.1 cm³/mol. The maximum absolute atomic E-state index is 6.13. The van der Waals surface area contributed by atoms with Crippen LogP contribution in [-0.2, 0) is 4.74 Å². The molecule has 13 heavy (non-hydrogen) atoms. The number of hydrogen-bond acceptors (Lipinski definition) is 1. The van der Waals surface area contributed by atoms with Gasteiger partial charge in [-0.05, 0) is 18.9 Å². The van der Waals surface area contributed by atoms with E-state index in [1.807, 2.05) is 0 Å². The Hall–Kier alpha value is -0.530. The number of hydrogen-bond donors (Lipinski definition) is 0. The first-order valence-electron chi connectivity index (χ1n) is 4.59. The molecule has 0 aromatic heterocycles. The second-order valence-electron chi connectivity index (χ2n) is 3.51. The highest BCUT2D eigenvalue weighted by Gasteiger charge is 2.27. The smallest absolute Gasteiger partial charge is 0.0989 e. The van der Waals surface area contributed by atoms with Gasteiger partial charge in [-0.3, -0.25) is 0 Å². The van der Waals surface area contributed by atoms with Crippen molar-refractivity contribution in [2.24, 2.45) is 0 Å². The lowest BCUT2D eigenvalue weighted by Crippen LogP contribution is -2.06. The molecule has 0 saturated carbocycles. The minimum absolute atomic E-state index is 0.0993. The Labute approximate surface area is 83.7 Å². The predicted octanol–water partition coefficient (Wildman–Crippen LogP) is 3.06. The number of rotatable bonds is 1. The number of ether oxygens (including phenoxy) is 1. The molecule has 1 saturated heterocycles. The van der Waals surface area contributed by atoms with Gasteiger partial charge in [-0.1, -0.05) is 29.8 Å². The molecule has 2 atom stereocenters. The standard InChI is InChI=1S/C11H13ClO/c1-8-2-4-9(5-3-8)11-10(12)6-7-13-11/h2-5,10-11H,6-7H2,1H3/t10-,11+/m0/s1. The Morgan fingerprint density at radius 3 is 2.54 bits per heavy atom. The summed E-state index contributed by atoms with van der Waals surface area (Å²) in [5, 5.41) is 0.141. The largest absolute Gasteiger partial charge is 0.372 e. The summed E-state index contributed by atoms with van der Waals surface area (Å²) in [5.41, 5.74) is 2.47. The molecule has 1 aromatic rings. The maximum atomic E-state index is 6.13. The van der Waals surface area contributed by atoms with Gasteiger partial charge in [0.2, 0.25) is 0 Å². The van der Waals surface area contributed by atoms with Crippen molar-refractivity contribution < 1.29 is 4.74 Å². The van der Waals surface area contributed by atoms with Gasteiger partial charge in [0.15, 0.2) is 0 Å². The summed E-state index contributed by atoms with van der Waals surface area (Å²) in [6.45, 7) is 2.87. The lowest BCUT2D eigenvalue weighted by molar-refractivity contribution is 0.113. The molecular weight excluding hydrogens is 184 g/mol. The summed E-state index contributed by atoms with van der Waals surface area (Å²) in [6, 6.07) is 8.39. The van der Waals surface area contributed by atoms with Gasteiger partial charge in [0.1, 0.15) is 0 Å². The van der Waals surface area contributed by atoms with E-state index in [1.165, 1.54) is 11.1 Å². The molecule has 0 radical (unpaired) electrons. The Bertz CT molecular complexity index is 281. The summed E-state index contributed by atoms with van der Waals surface area (Å²) in [7, 11) is 0. The van der Waals surface area contributed by atoms with Crippen molar-refractivity contribution in [3.8, 4) is 0 Å². The first kappa shape index (κ1) is 9.04. The summed E-state index contributed by atoms with van der Waals surface area (Å²) in [4.78, 5) is 0. The summed E-state index contributed by atoms with van der Waals surface area (Å²) >= 11 is 6.13. The van der Waals surface area contributed by atoms with E-state index in [2.05, 4.69) is 31.2 Å². The van der Waals surface area contributed by atoms with Gasteiger partial charge in [0, 0.05) is 6.61 Å². The van der Waals surface area contributed by atoms with Crippen molar-refractivity contribution in [3.63, 3.8) is 0 Å². The van der Waals surface area contributed by atoms with Gasteiger partial charge in [-0.2, -0.15) is 0 Å². The maximum Gasteiger partial charge on any atom is 0.0989 e. The van der Waals surface area contributed by atoms with E-state index in [9.17, 15) is 0 Å². The fourth-order valence-corrected chi connectivity index (χ4v) is 1.93. The number of benzene rings is 1. The molecule has 1 nitrogen and oxygen atoms in total. The lowest BCUT2D eigenvalue weighted by Gasteiger charge is -2.13. The van der Waals surface area contributed by atoms with Crippen molar-refractivity contribution in [2.45, 2.75) is 24.8 Å². The molecular formula is C11H13ClO. The topological polar surface area (TPSA) is 9.23 Å². The van der Waals surface area contributed by atoms with Crippen LogP contribution < -0.4 is 0 Å². The van der Waals surface area contributed by atoms with Gasteiger partial charge in [0.05, 0.1) is 11.5 Å². The molecule has 1 aliphatic heterocycles. The van der Waals surface area contributed by atoms with E-state index in [0.717, 1.165) is 13.0 Å². The molecule has 1 fully saturated rings. The van der Waals surface area contributed by atoms with E-state index in [4.69, 9.17) is 16.3 Å². The second-order valence-corrected chi connectivity index (χ2v) is 4.07. The first-order chi connectivity index (χ1) is 6.27. The van der Waals surface area contributed by atoms with E-state index in [1.54, 1.807) is 0 Å². The van der Waals surface area contributed by atoms with Crippen molar-refractivity contribution >= 4 is 11.6 Å². The minimum Gasteiger partial charge on any atom is -0.372 e. The van der Waals surface area contributed by atoms with Crippen molar-refractivity contribution in [3.05, 3.63) is 35.4 Å². The van der Waals surface area contributed by atoms with Crippen LogP contribution in [0, 0.1) is 6.92 Å². The van der Waals surface area contributed by atoms with Crippen molar-refractivity contribution in [2.75, 3.05) is 6.61 Å². The van der Waals surface area contributed by atoms with Crippen LogP contribution in [0.25, 0.3) is 0 Å². The van der Waals surface area contributed by atoms with E-state index >= 15 is 0 Å². The Balaban J connectivity index is 2.20. The van der Waals surface area contributed by atoms with Gasteiger partial charge in [-0.25, -0.2) is 0 Å². The zero-order chi connectivity index (χ0) is 9.26. The molecule has 0 unspecified atom stereocenters. The van der Waals surface area contributed by atoms with Crippen LogP contribution >= 0.6 is 11.6 Å². The zero-order valence-electron chi connectivity index (χ0n) is 7.66. The zero-order valence-corrected chi connectivity index (χ0v) is 8.42. The third-order valence-electron chi connectivity index (χ3n) is 2.43. The molecule has 1 aliphatic rings. The minimum atomic E-state index is 0.0993. The molecule has 0 amide bonds. The third kappa shape index (κ3) is 1.87. The molecule has 1 heterocycles. The lowest BCUT2D eigenvalue weighted by atomic mass is 10.1. The van der Waals surface area contributed by atoms with Crippen LogP contribution in [0.3, 0.4) is 0 Å². The number of aryl methyl sites for hydroxylation is 1. The van der Waals surface area contributed by atoms with Crippen LogP contribution in [0.2, 0.25) is 0 Å². The average molecular weight is 197 g/mol. The van der Waals surface area contributed by atoms with E-state index in [-0.39, 0.29) is 11.5 Å². The highest BCUT2D eigenvalue weighted by molar-refractivity contribution is 6.21. The van der Waals surface area contributed by atoms with E-state index in [0.29, 0.717) is 0 Å². The van der Waals surface area contributed by atoms with Crippen LogP contribution in [0.5, 0.6) is 0 Å². The normalized spacial score (nSPS) is 27.8. The van der Waals surface area contributed by atoms with Crippen molar-refractivity contribution in [1.82, 2.24) is 0 Å². The molecule has 2 heteroatoms. The summed E-state index contributed by atoms with van der Waals surface area (Å²) in [5.74, 6) is 0. The molecule has 2 rings (SSSR count). The van der Waals surface area contributed by atoms with Crippen LogP contribution in [0.15, 0.2) is 24.3 Å². The molecule has 0 bridgehead atoms. The summed E-state index contributed by atoms with van der Waals surface area (Å²) in [6.07, 6.45) is 1.06. The average Bonchev–Trinajstić information content (AvgIpc) is 2.53. The Kier molecular flexibility index (Phi) is 2.56. The Morgan fingerprint density at radius 1 is 1.31 bits per heavy atom. The summed E-state index contributed by atoms with van der Waals surface area (Å²) < 4.78 is 5.56. The first-order valence-corrected chi connectivity index (χ1v) is 5.03. The van der Waals surface area contributed by atoms with Crippen molar-refractivity contribution in [1.29, 1.82) is 0 Å². The highest BCUT2D eigenvalue weighted by atomic mass is 35.5. The molecule has 0 N–H and O–H groups in total. The van der Waals surface area contributed by atoms with Crippen LogP contribution in [0.4, 0.5) is 0 Å². The quantitative estimate of drug-likeness (QED) is 0.628. The van der Waals surface area contributed by atoms with Gasteiger partial charge < -0.3 is 4.74 Å². The molecule has 0 aliphatic carbocycles. The fraction of sp³-hybridized carbons (Fsp3) is 0.455. The van der Waals surface area contributed by atoms with Gasteiger partial charge in [0.25, 0.3) is 0 Å². The SMILES string of the molecule is Cc1ccc([C@H]2OCC[C@@H]2Cl)cc1. The second kappa shape index (κ2) is 3.69. The van der Waals surface area contributed by atoms with Gasteiger partial charge >= 0.3 is 0 Å². The number of alkyl halides is 1. The third-order valence-corrected chi connectivity index (χ3v) is 2.87. The molecule has 1 aromatic carbocycles. The molecule has 70 valence electrons. The monoisotopic (exact) mass is 196 g/mol. The van der Waals surface area contributed by atoms with Crippen LogP contribution in [0.1, 0.15) is 23.7 Å². The van der Waals surface area contributed by atoms with E-state index < -0.39 is 0 Å². The molecule has 0 spiro atoms. The Morgan fingerprint density at radius 2 is 2.00 bits per heavy atom. The van der Waals surface area contributed by atoms with Crippen LogP contribution in [-0.4, -0.2) is 12.0 Å². The number of halogens is 1. The van der Waals surface area contributed by atoms with Gasteiger partial charge in [-0.15, -0.1) is 11.6 Å². The fourth-order valence-electron chi connectivity index (χ4n) is 1.62.